The first kappa shape index (κ1) is 15.6. The predicted molar refractivity (Wildman–Crippen MR) is 82.9 cm³/mol. The molecule has 0 fully saturated rings. The number of ether oxygens (including phenoxy) is 2. The Morgan fingerprint density at radius 1 is 1.00 bits per heavy atom. The van der Waals surface area contributed by atoms with Crippen LogP contribution in [-0.2, 0) is 0 Å². The van der Waals surface area contributed by atoms with Crippen LogP contribution in [-0.4, -0.2) is 13.2 Å². The first-order valence-electron chi connectivity index (χ1n) is 6.95. The number of halogens is 2. The molecule has 0 spiro atoms. The van der Waals surface area contributed by atoms with Crippen LogP contribution in [0.1, 0.15) is 30.4 Å². The van der Waals surface area contributed by atoms with Gasteiger partial charge < -0.3 is 9.47 Å². The van der Waals surface area contributed by atoms with Gasteiger partial charge in [0.15, 0.2) is 11.5 Å². The van der Waals surface area contributed by atoms with Gasteiger partial charge in [-0.15, -0.1) is 11.6 Å². The van der Waals surface area contributed by atoms with Gasteiger partial charge in [-0.1, -0.05) is 24.3 Å². The number of hydrogen-bond donors (Lipinski definition) is 0. The van der Waals surface area contributed by atoms with E-state index in [-0.39, 0.29) is 5.82 Å². The molecule has 2 aromatic carbocycles. The van der Waals surface area contributed by atoms with Gasteiger partial charge in [-0.25, -0.2) is 4.39 Å². The minimum atomic E-state index is -0.568. The normalized spacial score (nSPS) is 12.0. The van der Waals surface area contributed by atoms with Crippen LogP contribution in [0.4, 0.5) is 4.39 Å². The van der Waals surface area contributed by atoms with Gasteiger partial charge in [-0.3, -0.25) is 0 Å². The van der Waals surface area contributed by atoms with Crippen LogP contribution in [0.15, 0.2) is 42.5 Å². The van der Waals surface area contributed by atoms with Crippen LogP contribution >= 0.6 is 11.6 Å². The molecule has 112 valence electrons. The molecule has 4 heteroatoms. The Hall–Kier alpha value is -1.74. The zero-order valence-corrected chi connectivity index (χ0v) is 12.9. The highest BCUT2D eigenvalue weighted by Gasteiger charge is 2.17. The van der Waals surface area contributed by atoms with Crippen molar-refractivity contribution < 1.29 is 13.9 Å². The van der Waals surface area contributed by atoms with Crippen LogP contribution in [0, 0.1) is 5.82 Å². The zero-order valence-electron chi connectivity index (χ0n) is 12.1. The van der Waals surface area contributed by atoms with E-state index >= 15 is 0 Å². The Balaban J connectivity index is 2.35. The molecule has 1 atom stereocenters. The molecule has 0 aromatic heterocycles. The standard InChI is InChI=1S/C17H18ClFO2/c1-3-20-15-10-9-12(11-16(15)21-4-2)17(18)13-7-5-6-8-14(13)19/h5-11,17H,3-4H2,1-2H3. The van der Waals surface area contributed by atoms with Crippen molar-refractivity contribution in [3.05, 3.63) is 59.4 Å². The summed E-state index contributed by atoms with van der Waals surface area (Å²) in [7, 11) is 0. The maximum absolute atomic E-state index is 13.8. The Morgan fingerprint density at radius 2 is 1.67 bits per heavy atom. The Bertz CT molecular complexity index is 601. The molecule has 0 N–H and O–H groups in total. The third kappa shape index (κ3) is 3.67. The van der Waals surface area contributed by atoms with E-state index in [4.69, 9.17) is 21.1 Å². The van der Waals surface area contributed by atoms with Gasteiger partial charge in [0.25, 0.3) is 0 Å². The van der Waals surface area contributed by atoms with E-state index in [0.29, 0.717) is 30.3 Å². The van der Waals surface area contributed by atoms with Gasteiger partial charge in [0, 0.05) is 5.56 Å². The molecule has 0 heterocycles. The molecular weight excluding hydrogens is 291 g/mol. The van der Waals surface area contributed by atoms with E-state index in [1.807, 2.05) is 19.9 Å². The maximum Gasteiger partial charge on any atom is 0.161 e. The smallest absolute Gasteiger partial charge is 0.161 e. The highest BCUT2D eigenvalue weighted by Crippen LogP contribution is 2.36. The lowest BCUT2D eigenvalue weighted by atomic mass is 10.0. The van der Waals surface area contributed by atoms with Crippen molar-refractivity contribution in [3.63, 3.8) is 0 Å². The molecule has 21 heavy (non-hydrogen) atoms. The van der Waals surface area contributed by atoms with Crippen LogP contribution in [0.5, 0.6) is 11.5 Å². The molecule has 0 radical (unpaired) electrons. The van der Waals surface area contributed by atoms with Crippen molar-refractivity contribution in [3.8, 4) is 11.5 Å². The van der Waals surface area contributed by atoms with Gasteiger partial charge in [0.05, 0.1) is 18.6 Å². The van der Waals surface area contributed by atoms with Crippen molar-refractivity contribution in [2.75, 3.05) is 13.2 Å². The molecule has 0 aliphatic heterocycles. The summed E-state index contributed by atoms with van der Waals surface area (Å²) >= 11 is 6.40. The molecule has 0 aliphatic rings. The van der Waals surface area contributed by atoms with E-state index in [1.165, 1.54) is 6.07 Å². The number of rotatable bonds is 6. The van der Waals surface area contributed by atoms with Crippen LogP contribution in [0.2, 0.25) is 0 Å². The second-order valence-electron chi connectivity index (χ2n) is 4.46. The molecule has 1 unspecified atom stereocenters. The predicted octanol–water partition coefficient (Wildman–Crippen LogP) is 4.95. The van der Waals surface area contributed by atoms with Crippen molar-refractivity contribution in [1.82, 2.24) is 0 Å². The molecule has 0 amide bonds. The Kier molecular flexibility index (Phi) is 5.45. The minimum absolute atomic E-state index is 0.315. The third-order valence-electron chi connectivity index (χ3n) is 3.04. The van der Waals surface area contributed by atoms with Crippen LogP contribution in [0.3, 0.4) is 0 Å². The van der Waals surface area contributed by atoms with Gasteiger partial charge in [-0.2, -0.15) is 0 Å². The number of hydrogen-bond acceptors (Lipinski definition) is 2. The average Bonchev–Trinajstić information content (AvgIpc) is 2.49. The molecule has 2 rings (SSSR count). The SMILES string of the molecule is CCOc1ccc(C(Cl)c2ccccc2F)cc1OCC. The van der Waals surface area contributed by atoms with E-state index in [0.717, 1.165) is 5.56 Å². The highest BCUT2D eigenvalue weighted by molar-refractivity contribution is 6.22. The van der Waals surface area contributed by atoms with Crippen LogP contribution in [0.25, 0.3) is 0 Å². The van der Waals surface area contributed by atoms with Gasteiger partial charge >= 0.3 is 0 Å². The molecule has 2 aromatic rings. The van der Waals surface area contributed by atoms with Crippen molar-refractivity contribution in [2.45, 2.75) is 19.2 Å². The summed E-state index contributed by atoms with van der Waals surface area (Å²) in [6.45, 7) is 4.89. The first-order chi connectivity index (χ1) is 10.2. The van der Waals surface area contributed by atoms with Gasteiger partial charge in [0.1, 0.15) is 5.82 Å². The highest BCUT2D eigenvalue weighted by atomic mass is 35.5. The van der Waals surface area contributed by atoms with E-state index < -0.39 is 5.38 Å². The molecular formula is C17H18ClFO2. The third-order valence-corrected chi connectivity index (χ3v) is 3.53. The summed E-state index contributed by atoms with van der Waals surface area (Å²) in [6, 6.07) is 11.9. The fraction of sp³-hybridized carbons (Fsp3) is 0.294. The molecule has 0 saturated heterocycles. The second-order valence-corrected chi connectivity index (χ2v) is 4.89. The molecule has 0 aliphatic carbocycles. The monoisotopic (exact) mass is 308 g/mol. The van der Waals surface area contributed by atoms with E-state index in [1.54, 1.807) is 30.3 Å². The number of benzene rings is 2. The fourth-order valence-electron chi connectivity index (χ4n) is 2.09. The fourth-order valence-corrected chi connectivity index (χ4v) is 2.40. The van der Waals surface area contributed by atoms with Gasteiger partial charge in [-0.05, 0) is 37.6 Å². The first-order valence-corrected chi connectivity index (χ1v) is 7.39. The maximum atomic E-state index is 13.8. The lowest BCUT2D eigenvalue weighted by Gasteiger charge is -2.15. The minimum Gasteiger partial charge on any atom is -0.490 e. The van der Waals surface area contributed by atoms with Crippen molar-refractivity contribution in [2.24, 2.45) is 0 Å². The summed E-state index contributed by atoms with van der Waals surface area (Å²) in [5.41, 5.74) is 1.22. The Morgan fingerprint density at radius 3 is 2.33 bits per heavy atom. The molecule has 2 nitrogen and oxygen atoms in total. The zero-order chi connectivity index (χ0) is 15.2. The van der Waals surface area contributed by atoms with Crippen molar-refractivity contribution in [1.29, 1.82) is 0 Å². The summed E-state index contributed by atoms with van der Waals surface area (Å²) in [5, 5.41) is -0.568. The van der Waals surface area contributed by atoms with Crippen molar-refractivity contribution >= 4 is 11.6 Å². The largest absolute Gasteiger partial charge is 0.490 e. The molecule has 0 saturated carbocycles. The quantitative estimate of drug-likeness (QED) is 0.703. The summed E-state index contributed by atoms with van der Waals surface area (Å²) in [4.78, 5) is 0. The van der Waals surface area contributed by atoms with Crippen LogP contribution < -0.4 is 9.47 Å². The lowest BCUT2D eigenvalue weighted by molar-refractivity contribution is 0.287. The average molecular weight is 309 g/mol. The second kappa shape index (κ2) is 7.32. The summed E-state index contributed by atoms with van der Waals surface area (Å²) in [5.74, 6) is 0.976. The van der Waals surface area contributed by atoms with E-state index in [2.05, 4.69) is 0 Å². The summed E-state index contributed by atoms with van der Waals surface area (Å²) < 4.78 is 24.9. The summed E-state index contributed by atoms with van der Waals surface area (Å²) in [6.07, 6.45) is 0. The lowest BCUT2D eigenvalue weighted by Crippen LogP contribution is -2.01. The van der Waals surface area contributed by atoms with Gasteiger partial charge in [0.2, 0.25) is 0 Å². The number of alkyl halides is 1. The Labute approximate surface area is 129 Å². The molecule has 0 bridgehead atoms. The topological polar surface area (TPSA) is 18.5 Å². The van der Waals surface area contributed by atoms with E-state index in [9.17, 15) is 4.39 Å².